The Hall–Kier alpha value is 0.580. The molecular formula is C7H14Cl2. The zero-order valence-corrected chi connectivity index (χ0v) is 7.38. The highest BCUT2D eigenvalue weighted by atomic mass is 35.5. The number of hydrogen-bond donors (Lipinski definition) is 0. The molecule has 0 fully saturated rings. The molecule has 0 saturated carbocycles. The summed E-state index contributed by atoms with van der Waals surface area (Å²) in [6.45, 7) is 2.22. The average Bonchev–Trinajstić information content (AvgIpc) is 1.85. The third-order valence-corrected chi connectivity index (χ3v) is 1.92. The van der Waals surface area contributed by atoms with Gasteiger partial charge >= 0.3 is 0 Å². The molecule has 0 N–H and O–H groups in total. The predicted molar refractivity (Wildman–Crippen MR) is 44.5 cm³/mol. The predicted octanol–water partition coefficient (Wildman–Crippen LogP) is 3.27. The molecule has 0 radical (unpaired) electrons. The van der Waals surface area contributed by atoms with Gasteiger partial charge in [0, 0.05) is 11.8 Å². The van der Waals surface area contributed by atoms with Gasteiger partial charge in [0.15, 0.2) is 0 Å². The second-order valence-electron chi connectivity index (χ2n) is 2.41. The van der Waals surface area contributed by atoms with Crippen LogP contribution in [0.3, 0.4) is 0 Å². The molecule has 0 unspecified atom stereocenters. The van der Waals surface area contributed by atoms with Crippen LogP contribution in [-0.4, -0.2) is 11.8 Å². The van der Waals surface area contributed by atoms with E-state index in [0.29, 0.717) is 0 Å². The average molecular weight is 169 g/mol. The standard InChI is InChI=1S/C7H14Cl2/c1-7(4-6-9)3-2-5-8/h7H,2-6H2,1H3/t7-/m0/s1. The van der Waals surface area contributed by atoms with Gasteiger partial charge in [-0.05, 0) is 25.2 Å². The Bertz CT molecular complexity index is 54.9. The van der Waals surface area contributed by atoms with Crippen molar-refractivity contribution in [1.29, 1.82) is 0 Å². The first-order valence-corrected chi connectivity index (χ1v) is 4.50. The van der Waals surface area contributed by atoms with Crippen molar-refractivity contribution in [2.75, 3.05) is 11.8 Å². The van der Waals surface area contributed by atoms with Crippen LogP contribution in [0.2, 0.25) is 0 Å². The second kappa shape index (κ2) is 6.70. The van der Waals surface area contributed by atoms with E-state index in [-0.39, 0.29) is 0 Å². The fraction of sp³-hybridized carbons (Fsp3) is 1.00. The molecule has 0 amide bonds. The van der Waals surface area contributed by atoms with Crippen molar-refractivity contribution in [3.8, 4) is 0 Å². The summed E-state index contributed by atoms with van der Waals surface area (Å²) in [4.78, 5) is 0. The molecule has 56 valence electrons. The van der Waals surface area contributed by atoms with Gasteiger partial charge in [-0.3, -0.25) is 0 Å². The Morgan fingerprint density at radius 2 is 1.78 bits per heavy atom. The maximum Gasteiger partial charge on any atom is 0.0225 e. The summed E-state index contributed by atoms with van der Waals surface area (Å²) in [6.07, 6.45) is 3.47. The minimum Gasteiger partial charge on any atom is -0.127 e. The first-order valence-electron chi connectivity index (χ1n) is 3.43. The summed E-state index contributed by atoms with van der Waals surface area (Å²) in [5.41, 5.74) is 0. The van der Waals surface area contributed by atoms with E-state index in [1.54, 1.807) is 0 Å². The lowest BCUT2D eigenvalue weighted by atomic mass is 10.0. The van der Waals surface area contributed by atoms with Gasteiger partial charge in [-0.15, -0.1) is 23.2 Å². The summed E-state index contributed by atoms with van der Waals surface area (Å²) < 4.78 is 0. The lowest BCUT2D eigenvalue weighted by molar-refractivity contribution is 0.513. The van der Waals surface area contributed by atoms with Crippen molar-refractivity contribution in [1.82, 2.24) is 0 Å². The van der Waals surface area contributed by atoms with Gasteiger partial charge in [-0.25, -0.2) is 0 Å². The molecule has 0 aromatic carbocycles. The van der Waals surface area contributed by atoms with E-state index in [4.69, 9.17) is 23.2 Å². The van der Waals surface area contributed by atoms with E-state index in [0.717, 1.165) is 30.5 Å². The van der Waals surface area contributed by atoms with E-state index in [1.807, 2.05) is 0 Å². The quantitative estimate of drug-likeness (QED) is 0.554. The molecule has 9 heavy (non-hydrogen) atoms. The van der Waals surface area contributed by atoms with Crippen molar-refractivity contribution >= 4 is 23.2 Å². The molecule has 0 aliphatic heterocycles. The smallest absolute Gasteiger partial charge is 0.0225 e. The van der Waals surface area contributed by atoms with E-state index in [2.05, 4.69) is 6.92 Å². The molecule has 1 atom stereocenters. The molecule has 0 rings (SSSR count). The lowest BCUT2D eigenvalue weighted by Gasteiger charge is -2.05. The first kappa shape index (κ1) is 9.58. The minimum atomic E-state index is 0.751. The number of alkyl halides is 2. The molecule has 0 aliphatic carbocycles. The van der Waals surface area contributed by atoms with Crippen LogP contribution in [0.15, 0.2) is 0 Å². The first-order chi connectivity index (χ1) is 4.31. The summed E-state index contributed by atoms with van der Waals surface area (Å²) in [5, 5.41) is 0. The number of rotatable bonds is 5. The van der Waals surface area contributed by atoms with Crippen LogP contribution < -0.4 is 0 Å². The lowest BCUT2D eigenvalue weighted by Crippen LogP contribution is -1.95. The van der Waals surface area contributed by atoms with Crippen LogP contribution in [0, 0.1) is 5.92 Å². The molecule has 0 bridgehead atoms. The molecule has 0 aliphatic rings. The van der Waals surface area contributed by atoms with Gasteiger partial charge in [0.1, 0.15) is 0 Å². The van der Waals surface area contributed by atoms with Crippen LogP contribution in [0.5, 0.6) is 0 Å². The summed E-state index contributed by atoms with van der Waals surface area (Å²) >= 11 is 11.1. The van der Waals surface area contributed by atoms with E-state index >= 15 is 0 Å². The van der Waals surface area contributed by atoms with Crippen LogP contribution >= 0.6 is 23.2 Å². The van der Waals surface area contributed by atoms with Crippen LogP contribution in [-0.2, 0) is 0 Å². The van der Waals surface area contributed by atoms with Crippen LogP contribution in [0.1, 0.15) is 26.2 Å². The topological polar surface area (TPSA) is 0 Å². The van der Waals surface area contributed by atoms with Crippen molar-refractivity contribution in [2.24, 2.45) is 5.92 Å². The van der Waals surface area contributed by atoms with Crippen LogP contribution in [0.25, 0.3) is 0 Å². The Labute approximate surface area is 67.5 Å². The van der Waals surface area contributed by atoms with Gasteiger partial charge < -0.3 is 0 Å². The molecule has 0 nitrogen and oxygen atoms in total. The maximum atomic E-state index is 5.54. The minimum absolute atomic E-state index is 0.751. The summed E-state index contributed by atoms with van der Waals surface area (Å²) in [7, 11) is 0. The van der Waals surface area contributed by atoms with Crippen LogP contribution in [0.4, 0.5) is 0 Å². The maximum absolute atomic E-state index is 5.54. The fourth-order valence-corrected chi connectivity index (χ4v) is 1.28. The van der Waals surface area contributed by atoms with Crippen molar-refractivity contribution in [3.05, 3.63) is 0 Å². The van der Waals surface area contributed by atoms with Crippen molar-refractivity contribution < 1.29 is 0 Å². The normalized spacial score (nSPS) is 13.7. The Morgan fingerprint density at radius 1 is 1.11 bits per heavy atom. The third kappa shape index (κ3) is 6.47. The molecule has 0 aromatic rings. The Balaban J connectivity index is 2.95. The fourth-order valence-electron chi connectivity index (χ4n) is 0.756. The number of halogens is 2. The molecular weight excluding hydrogens is 155 g/mol. The summed E-state index contributed by atoms with van der Waals surface area (Å²) in [6, 6.07) is 0. The molecule has 0 spiro atoms. The monoisotopic (exact) mass is 168 g/mol. The van der Waals surface area contributed by atoms with E-state index in [9.17, 15) is 0 Å². The zero-order valence-electron chi connectivity index (χ0n) is 5.87. The third-order valence-electron chi connectivity index (χ3n) is 1.43. The van der Waals surface area contributed by atoms with Gasteiger partial charge in [-0.1, -0.05) is 6.92 Å². The molecule has 0 saturated heterocycles. The molecule has 0 aromatic heterocycles. The molecule has 2 heteroatoms. The van der Waals surface area contributed by atoms with E-state index < -0.39 is 0 Å². The highest BCUT2D eigenvalue weighted by Gasteiger charge is 1.98. The van der Waals surface area contributed by atoms with Gasteiger partial charge in [0.05, 0.1) is 0 Å². The van der Waals surface area contributed by atoms with Gasteiger partial charge in [0.25, 0.3) is 0 Å². The number of hydrogen-bond acceptors (Lipinski definition) is 0. The highest BCUT2D eigenvalue weighted by molar-refractivity contribution is 6.18. The van der Waals surface area contributed by atoms with Gasteiger partial charge in [-0.2, -0.15) is 0 Å². The summed E-state index contributed by atoms with van der Waals surface area (Å²) in [5.74, 6) is 2.32. The second-order valence-corrected chi connectivity index (χ2v) is 3.17. The van der Waals surface area contributed by atoms with Crippen molar-refractivity contribution in [2.45, 2.75) is 26.2 Å². The SMILES string of the molecule is C[C@H](CCCl)CCCCl. The largest absolute Gasteiger partial charge is 0.127 e. The highest BCUT2D eigenvalue weighted by Crippen LogP contribution is 2.10. The van der Waals surface area contributed by atoms with Gasteiger partial charge in [0.2, 0.25) is 0 Å². The Morgan fingerprint density at radius 3 is 2.22 bits per heavy atom. The Kier molecular flexibility index (Phi) is 7.13. The van der Waals surface area contributed by atoms with Crippen molar-refractivity contribution in [3.63, 3.8) is 0 Å². The van der Waals surface area contributed by atoms with E-state index in [1.165, 1.54) is 6.42 Å². The molecule has 0 heterocycles. The zero-order chi connectivity index (χ0) is 7.11.